The molecule has 0 aromatic heterocycles. The molecule has 1 fully saturated rings. The van der Waals surface area contributed by atoms with E-state index >= 15 is 0 Å². The lowest BCUT2D eigenvalue weighted by molar-refractivity contribution is -0.384. The predicted molar refractivity (Wildman–Crippen MR) is 71.0 cm³/mol. The molecule has 102 valence electrons. The van der Waals surface area contributed by atoms with Crippen LogP contribution in [-0.4, -0.2) is 41.9 Å². The Kier molecular flexibility index (Phi) is 4.11. The van der Waals surface area contributed by atoms with Crippen LogP contribution >= 0.6 is 0 Å². The maximum absolute atomic E-state index is 12.3. The minimum atomic E-state index is -0.439. The number of nitrogens with zero attached hydrogens (tertiary/aromatic N) is 2. The van der Waals surface area contributed by atoms with E-state index < -0.39 is 4.92 Å². The lowest BCUT2D eigenvalue weighted by Gasteiger charge is -2.29. The molecule has 1 N–H and O–H groups in total. The molecule has 19 heavy (non-hydrogen) atoms. The molecule has 1 heterocycles. The highest BCUT2D eigenvalue weighted by Gasteiger charge is 2.24. The van der Waals surface area contributed by atoms with Crippen molar-refractivity contribution in [1.29, 1.82) is 0 Å². The molecular formula is C13H17N3O3. The summed E-state index contributed by atoms with van der Waals surface area (Å²) < 4.78 is 0. The minimum absolute atomic E-state index is 0.0254. The molecule has 1 unspecified atom stereocenters. The number of piperazine rings is 1. The minimum Gasteiger partial charge on any atom is -0.340 e. The van der Waals surface area contributed by atoms with Gasteiger partial charge in [0.2, 0.25) is 5.91 Å². The van der Waals surface area contributed by atoms with E-state index in [0.29, 0.717) is 18.7 Å². The first-order valence-corrected chi connectivity index (χ1v) is 6.33. The highest BCUT2D eigenvalue weighted by molar-refractivity contribution is 5.83. The van der Waals surface area contributed by atoms with Crippen molar-refractivity contribution in [1.82, 2.24) is 10.2 Å². The van der Waals surface area contributed by atoms with Crippen molar-refractivity contribution in [2.24, 2.45) is 0 Å². The number of amides is 1. The van der Waals surface area contributed by atoms with Gasteiger partial charge in [0.1, 0.15) is 0 Å². The van der Waals surface area contributed by atoms with Gasteiger partial charge in [-0.2, -0.15) is 0 Å². The number of hydrogen-bond acceptors (Lipinski definition) is 4. The van der Waals surface area contributed by atoms with E-state index in [1.54, 1.807) is 24.0 Å². The Bertz CT molecular complexity index is 484. The summed E-state index contributed by atoms with van der Waals surface area (Å²) >= 11 is 0. The molecule has 1 atom stereocenters. The van der Waals surface area contributed by atoms with Crippen LogP contribution in [0.5, 0.6) is 0 Å². The first kappa shape index (κ1) is 13.5. The van der Waals surface area contributed by atoms with E-state index in [2.05, 4.69) is 5.32 Å². The normalized spacial score (nSPS) is 17.0. The third-order valence-electron chi connectivity index (χ3n) is 3.38. The fourth-order valence-corrected chi connectivity index (χ4v) is 2.21. The summed E-state index contributed by atoms with van der Waals surface area (Å²) in [7, 11) is 0. The molecule has 1 aromatic rings. The van der Waals surface area contributed by atoms with Crippen LogP contribution in [0.2, 0.25) is 0 Å². The van der Waals surface area contributed by atoms with Crippen molar-refractivity contribution in [2.45, 2.75) is 12.8 Å². The molecule has 2 rings (SSSR count). The van der Waals surface area contributed by atoms with E-state index in [0.717, 1.165) is 13.1 Å². The molecule has 6 heteroatoms. The average Bonchev–Trinajstić information content (AvgIpc) is 2.46. The molecule has 1 aliphatic rings. The second-order valence-electron chi connectivity index (χ2n) is 4.65. The molecule has 6 nitrogen and oxygen atoms in total. The van der Waals surface area contributed by atoms with Crippen LogP contribution in [0.15, 0.2) is 24.3 Å². The molecular weight excluding hydrogens is 246 g/mol. The smallest absolute Gasteiger partial charge is 0.269 e. The Balaban J connectivity index is 2.13. The highest BCUT2D eigenvalue weighted by Crippen LogP contribution is 2.22. The van der Waals surface area contributed by atoms with Gasteiger partial charge >= 0.3 is 0 Å². The number of rotatable bonds is 3. The third-order valence-corrected chi connectivity index (χ3v) is 3.38. The standard InChI is InChI=1S/C13H17N3O3/c1-10(13(17)15-7-5-14-6-8-15)11-3-2-4-12(9-11)16(18)19/h2-4,9-10,14H,5-8H2,1H3. The van der Waals surface area contributed by atoms with Crippen molar-refractivity contribution >= 4 is 11.6 Å². The summed E-state index contributed by atoms with van der Waals surface area (Å²) in [6.45, 7) is 4.78. The van der Waals surface area contributed by atoms with Crippen LogP contribution in [-0.2, 0) is 4.79 Å². The largest absolute Gasteiger partial charge is 0.340 e. The maximum Gasteiger partial charge on any atom is 0.269 e. The van der Waals surface area contributed by atoms with Crippen LogP contribution in [0.25, 0.3) is 0 Å². The van der Waals surface area contributed by atoms with E-state index in [1.807, 2.05) is 0 Å². The average molecular weight is 263 g/mol. The van der Waals surface area contributed by atoms with Crippen LogP contribution in [0.4, 0.5) is 5.69 Å². The highest BCUT2D eigenvalue weighted by atomic mass is 16.6. The van der Waals surface area contributed by atoms with Crippen LogP contribution < -0.4 is 5.32 Å². The topological polar surface area (TPSA) is 75.5 Å². The van der Waals surface area contributed by atoms with Crippen LogP contribution in [0.3, 0.4) is 0 Å². The predicted octanol–water partition coefficient (Wildman–Crippen LogP) is 1.13. The Morgan fingerprint density at radius 2 is 2.11 bits per heavy atom. The zero-order valence-corrected chi connectivity index (χ0v) is 10.8. The van der Waals surface area contributed by atoms with E-state index in [-0.39, 0.29) is 17.5 Å². The van der Waals surface area contributed by atoms with E-state index in [9.17, 15) is 14.9 Å². The zero-order valence-electron chi connectivity index (χ0n) is 10.8. The number of carbonyl (C=O) groups is 1. The third kappa shape index (κ3) is 3.08. The Morgan fingerprint density at radius 1 is 1.42 bits per heavy atom. The monoisotopic (exact) mass is 263 g/mol. The number of non-ortho nitro benzene ring substituents is 1. The lowest BCUT2D eigenvalue weighted by Crippen LogP contribution is -2.47. The SMILES string of the molecule is CC(C(=O)N1CCNCC1)c1cccc([N+](=O)[O-])c1. The summed E-state index contributed by atoms with van der Waals surface area (Å²) in [5, 5.41) is 13.9. The van der Waals surface area contributed by atoms with Gasteiger partial charge in [-0.3, -0.25) is 14.9 Å². The summed E-state index contributed by atoms with van der Waals surface area (Å²) in [5.41, 5.74) is 0.718. The van der Waals surface area contributed by atoms with Gasteiger partial charge in [-0.05, 0) is 12.5 Å². The van der Waals surface area contributed by atoms with Gasteiger partial charge in [0, 0.05) is 38.3 Å². The molecule has 0 saturated carbocycles. The molecule has 0 spiro atoms. The van der Waals surface area contributed by atoms with Crippen molar-refractivity contribution in [3.63, 3.8) is 0 Å². The molecule has 0 aliphatic carbocycles. The summed E-state index contributed by atoms with van der Waals surface area (Å²) in [4.78, 5) is 24.4. The first-order valence-electron chi connectivity index (χ1n) is 6.33. The van der Waals surface area contributed by atoms with Gasteiger partial charge in [-0.25, -0.2) is 0 Å². The molecule has 0 bridgehead atoms. The molecule has 0 radical (unpaired) electrons. The number of nitrogens with one attached hydrogen (secondary N) is 1. The van der Waals surface area contributed by atoms with Gasteiger partial charge in [0.15, 0.2) is 0 Å². The quantitative estimate of drug-likeness (QED) is 0.655. The molecule has 1 aliphatic heterocycles. The number of benzene rings is 1. The fourth-order valence-electron chi connectivity index (χ4n) is 2.21. The van der Waals surface area contributed by atoms with E-state index in [4.69, 9.17) is 0 Å². The first-order chi connectivity index (χ1) is 9.09. The van der Waals surface area contributed by atoms with Gasteiger partial charge < -0.3 is 10.2 Å². The van der Waals surface area contributed by atoms with Gasteiger partial charge in [0.05, 0.1) is 10.8 Å². The summed E-state index contributed by atoms with van der Waals surface area (Å²) in [6.07, 6.45) is 0. The zero-order chi connectivity index (χ0) is 13.8. The summed E-state index contributed by atoms with van der Waals surface area (Å²) in [5.74, 6) is -0.319. The van der Waals surface area contributed by atoms with Crippen LogP contribution in [0, 0.1) is 10.1 Å². The van der Waals surface area contributed by atoms with Crippen molar-refractivity contribution in [3.8, 4) is 0 Å². The van der Waals surface area contributed by atoms with E-state index in [1.165, 1.54) is 12.1 Å². The van der Waals surface area contributed by atoms with Crippen LogP contribution in [0.1, 0.15) is 18.4 Å². The van der Waals surface area contributed by atoms with Crippen molar-refractivity contribution in [2.75, 3.05) is 26.2 Å². The lowest BCUT2D eigenvalue weighted by atomic mass is 9.99. The van der Waals surface area contributed by atoms with Crippen molar-refractivity contribution in [3.05, 3.63) is 39.9 Å². The second-order valence-corrected chi connectivity index (χ2v) is 4.65. The number of carbonyl (C=O) groups excluding carboxylic acids is 1. The van der Waals surface area contributed by atoms with Gasteiger partial charge in [-0.1, -0.05) is 12.1 Å². The fraction of sp³-hybridized carbons (Fsp3) is 0.462. The molecule has 1 saturated heterocycles. The molecule has 1 aromatic carbocycles. The number of nitro groups is 1. The Morgan fingerprint density at radius 3 is 2.74 bits per heavy atom. The Labute approximate surface area is 111 Å². The Hall–Kier alpha value is -1.95. The number of hydrogen-bond donors (Lipinski definition) is 1. The molecule has 1 amide bonds. The summed E-state index contributed by atoms with van der Waals surface area (Å²) in [6, 6.07) is 6.29. The number of nitro benzene ring substituents is 1. The second kappa shape index (κ2) is 5.79. The van der Waals surface area contributed by atoms with Gasteiger partial charge in [-0.15, -0.1) is 0 Å². The van der Waals surface area contributed by atoms with Gasteiger partial charge in [0.25, 0.3) is 5.69 Å². The van der Waals surface area contributed by atoms with Crippen molar-refractivity contribution < 1.29 is 9.72 Å². The maximum atomic E-state index is 12.3.